The maximum atomic E-state index is 12.0. The minimum atomic E-state index is -0.613. The predicted octanol–water partition coefficient (Wildman–Crippen LogP) is 4.16. The largest absolute Gasteiger partial charge is 0.482 e. The number of benzene rings is 3. The van der Waals surface area contributed by atoms with Gasteiger partial charge in [-0.05, 0) is 29.7 Å². The summed E-state index contributed by atoms with van der Waals surface area (Å²) in [5.41, 5.74) is 0.675. The van der Waals surface area contributed by atoms with Gasteiger partial charge in [-0.1, -0.05) is 58.4 Å². The summed E-state index contributed by atoms with van der Waals surface area (Å²) >= 11 is 3.32. The van der Waals surface area contributed by atoms with Crippen LogP contribution in [0.15, 0.2) is 71.2 Å². The average molecular weight is 414 g/mol. The molecule has 6 heteroatoms. The Morgan fingerprint density at radius 3 is 2.54 bits per heavy atom. The quantitative estimate of drug-likeness (QED) is 0.616. The van der Waals surface area contributed by atoms with E-state index < -0.39 is 11.9 Å². The fourth-order valence-electron chi connectivity index (χ4n) is 2.41. The lowest BCUT2D eigenvalue weighted by Crippen LogP contribution is -2.23. The first-order valence-electron chi connectivity index (χ1n) is 7.93. The second-order valence-corrected chi connectivity index (χ2v) is 6.40. The minimum Gasteiger partial charge on any atom is -0.482 e. The van der Waals surface area contributed by atoms with Gasteiger partial charge in [-0.15, -0.1) is 0 Å². The normalized spacial score (nSPS) is 10.3. The number of fused-ring (bicyclic) bond motifs is 1. The van der Waals surface area contributed by atoms with Gasteiger partial charge in [-0.2, -0.15) is 0 Å². The van der Waals surface area contributed by atoms with Gasteiger partial charge in [0, 0.05) is 15.5 Å². The minimum absolute atomic E-state index is 0.266. The van der Waals surface area contributed by atoms with Crippen molar-refractivity contribution in [1.82, 2.24) is 0 Å². The van der Waals surface area contributed by atoms with E-state index in [1.807, 2.05) is 42.5 Å². The van der Waals surface area contributed by atoms with Gasteiger partial charge in [0.15, 0.2) is 13.2 Å². The number of halogens is 1. The Morgan fingerprint density at radius 1 is 0.923 bits per heavy atom. The molecule has 0 aliphatic heterocycles. The van der Waals surface area contributed by atoms with Crippen LogP contribution in [0.1, 0.15) is 0 Å². The molecule has 0 aliphatic carbocycles. The Hall–Kier alpha value is -2.86. The Balaban J connectivity index is 1.50. The second kappa shape index (κ2) is 8.49. The van der Waals surface area contributed by atoms with Crippen LogP contribution in [0.25, 0.3) is 10.8 Å². The first kappa shape index (κ1) is 17.9. The van der Waals surface area contributed by atoms with Crippen LogP contribution in [0.5, 0.6) is 5.75 Å². The third-order valence-electron chi connectivity index (χ3n) is 3.58. The number of rotatable bonds is 6. The number of carbonyl (C=O) groups excluding carboxylic acids is 2. The van der Waals surface area contributed by atoms with Gasteiger partial charge in [0.25, 0.3) is 5.91 Å². The molecule has 0 aromatic heterocycles. The summed E-state index contributed by atoms with van der Waals surface area (Å²) < 4.78 is 11.1. The fourth-order valence-corrected chi connectivity index (χ4v) is 2.79. The van der Waals surface area contributed by atoms with Gasteiger partial charge >= 0.3 is 5.97 Å². The van der Waals surface area contributed by atoms with Gasteiger partial charge in [0.05, 0.1) is 0 Å². The van der Waals surface area contributed by atoms with E-state index in [-0.39, 0.29) is 13.2 Å². The van der Waals surface area contributed by atoms with Crippen molar-refractivity contribution in [2.75, 3.05) is 18.5 Å². The molecule has 0 saturated carbocycles. The summed E-state index contributed by atoms with van der Waals surface area (Å²) in [7, 11) is 0. The Morgan fingerprint density at radius 2 is 1.69 bits per heavy atom. The first-order valence-corrected chi connectivity index (χ1v) is 8.73. The molecule has 26 heavy (non-hydrogen) atoms. The molecule has 0 bridgehead atoms. The maximum absolute atomic E-state index is 12.0. The molecular formula is C20H16BrNO4. The summed E-state index contributed by atoms with van der Waals surface area (Å²) in [4.78, 5) is 23.8. The molecule has 0 heterocycles. The SMILES string of the molecule is O=C(COC(=O)COc1cccc(Br)c1)Nc1cccc2ccccc12. The van der Waals surface area contributed by atoms with Gasteiger partial charge < -0.3 is 14.8 Å². The van der Waals surface area contributed by atoms with Gasteiger partial charge in [-0.25, -0.2) is 4.79 Å². The zero-order valence-electron chi connectivity index (χ0n) is 13.8. The Labute approximate surface area is 159 Å². The van der Waals surface area contributed by atoms with Crippen LogP contribution >= 0.6 is 15.9 Å². The van der Waals surface area contributed by atoms with Crippen molar-refractivity contribution in [2.24, 2.45) is 0 Å². The molecule has 0 fully saturated rings. The lowest BCUT2D eigenvalue weighted by atomic mass is 10.1. The van der Waals surface area contributed by atoms with E-state index in [1.54, 1.807) is 24.3 Å². The van der Waals surface area contributed by atoms with Crippen LogP contribution in [-0.2, 0) is 14.3 Å². The van der Waals surface area contributed by atoms with E-state index in [1.165, 1.54) is 0 Å². The molecule has 3 aromatic carbocycles. The number of hydrogen-bond donors (Lipinski definition) is 1. The molecule has 0 spiro atoms. The van der Waals surface area contributed by atoms with Crippen LogP contribution in [-0.4, -0.2) is 25.1 Å². The summed E-state index contributed by atoms with van der Waals surface area (Å²) in [6.07, 6.45) is 0. The molecule has 3 aromatic rings. The molecule has 1 N–H and O–H groups in total. The Kier molecular flexibility index (Phi) is 5.86. The van der Waals surface area contributed by atoms with E-state index in [0.29, 0.717) is 11.4 Å². The van der Waals surface area contributed by atoms with Crippen molar-refractivity contribution in [3.05, 3.63) is 71.2 Å². The molecule has 1 amide bonds. The first-order chi connectivity index (χ1) is 12.6. The molecule has 0 unspecified atom stereocenters. The summed E-state index contributed by atoms with van der Waals surface area (Å²) in [5, 5.41) is 4.70. The van der Waals surface area contributed by atoms with Gasteiger partial charge in [-0.3, -0.25) is 4.79 Å². The number of anilines is 1. The van der Waals surface area contributed by atoms with E-state index in [2.05, 4.69) is 21.2 Å². The highest BCUT2D eigenvalue weighted by Gasteiger charge is 2.10. The molecule has 132 valence electrons. The molecular weight excluding hydrogens is 398 g/mol. The predicted molar refractivity (Wildman–Crippen MR) is 103 cm³/mol. The lowest BCUT2D eigenvalue weighted by Gasteiger charge is -2.10. The van der Waals surface area contributed by atoms with Crippen LogP contribution < -0.4 is 10.1 Å². The van der Waals surface area contributed by atoms with Crippen molar-refractivity contribution in [3.8, 4) is 5.75 Å². The van der Waals surface area contributed by atoms with Crippen LogP contribution in [0.2, 0.25) is 0 Å². The molecule has 0 atom stereocenters. The highest BCUT2D eigenvalue weighted by atomic mass is 79.9. The monoisotopic (exact) mass is 413 g/mol. The van der Waals surface area contributed by atoms with E-state index >= 15 is 0 Å². The van der Waals surface area contributed by atoms with Crippen LogP contribution in [0, 0.1) is 0 Å². The third kappa shape index (κ3) is 4.83. The smallest absolute Gasteiger partial charge is 0.344 e. The molecule has 5 nitrogen and oxygen atoms in total. The molecule has 0 radical (unpaired) electrons. The topological polar surface area (TPSA) is 64.6 Å². The number of nitrogens with one attached hydrogen (secondary N) is 1. The summed E-state index contributed by atoms with van der Waals surface area (Å²) in [5.74, 6) is -0.480. The van der Waals surface area contributed by atoms with Gasteiger partial charge in [0.1, 0.15) is 5.75 Å². The number of esters is 1. The number of ether oxygens (including phenoxy) is 2. The van der Waals surface area contributed by atoms with Crippen molar-refractivity contribution >= 4 is 44.3 Å². The zero-order valence-corrected chi connectivity index (χ0v) is 15.4. The summed E-state index contributed by atoms with van der Waals surface area (Å²) in [6.45, 7) is -0.637. The maximum Gasteiger partial charge on any atom is 0.344 e. The van der Waals surface area contributed by atoms with Crippen molar-refractivity contribution in [1.29, 1.82) is 0 Å². The van der Waals surface area contributed by atoms with Crippen molar-refractivity contribution in [2.45, 2.75) is 0 Å². The standard InChI is InChI=1S/C20H16BrNO4/c21-15-7-4-8-16(11-15)25-13-20(24)26-12-19(23)22-18-10-3-6-14-5-1-2-9-17(14)18/h1-11H,12-13H2,(H,22,23). The third-order valence-corrected chi connectivity index (χ3v) is 4.07. The van der Waals surface area contributed by atoms with Gasteiger partial charge in [0.2, 0.25) is 0 Å². The molecule has 0 aliphatic rings. The number of carbonyl (C=O) groups is 2. The second-order valence-electron chi connectivity index (χ2n) is 5.48. The highest BCUT2D eigenvalue weighted by Crippen LogP contribution is 2.22. The molecule has 3 rings (SSSR count). The van der Waals surface area contributed by atoms with Crippen LogP contribution in [0.3, 0.4) is 0 Å². The lowest BCUT2D eigenvalue weighted by molar-refractivity contribution is -0.149. The molecule has 0 saturated heterocycles. The fraction of sp³-hybridized carbons (Fsp3) is 0.100. The highest BCUT2D eigenvalue weighted by molar-refractivity contribution is 9.10. The Bertz CT molecular complexity index is 937. The summed E-state index contributed by atoms with van der Waals surface area (Å²) in [6, 6.07) is 20.4. The number of amides is 1. The van der Waals surface area contributed by atoms with E-state index in [0.717, 1.165) is 15.2 Å². The van der Waals surface area contributed by atoms with E-state index in [4.69, 9.17) is 9.47 Å². The van der Waals surface area contributed by atoms with Crippen molar-refractivity contribution < 1.29 is 19.1 Å². The van der Waals surface area contributed by atoms with Crippen molar-refractivity contribution in [3.63, 3.8) is 0 Å². The van der Waals surface area contributed by atoms with Crippen LogP contribution in [0.4, 0.5) is 5.69 Å². The average Bonchev–Trinajstić information content (AvgIpc) is 2.65. The number of hydrogen-bond acceptors (Lipinski definition) is 4. The van der Waals surface area contributed by atoms with E-state index in [9.17, 15) is 9.59 Å². The zero-order chi connectivity index (χ0) is 18.4.